The number of imidazole rings is 2. The quantitative estimate of drug-likeness (QED) is 0.0999. The van der Waals surface area contributed by atoms with E-state index in [0.717, 1.165) is 40.1 Å². The monoisotopic (exact) mass is 780 g/mol. The van der Waals surface area contributed by atoms with Gasteiger partial charge < -0.3 is 40.3 Å². The molecule has 1 aliphatic heterocycles. The Morgan fingerprint density at radius 3 is 1.93 bits per heavy atom. The highest BCUT2D eigenvalue weighted by Crippen LogP contribution is 2.35. The number of amides is 4. The molecular weight excluding hydrogens is 737 g/mol. The number of methoxy groups -OCH3 is 1. The number of primary amides is 1. The Hall–Kier alpha value is -7.22. The molecule has 0 spiro atoms. The molecule has 1 fully saturated rings. The summed E-state index contributed by atoms with van der Waals surface area (Å²) in [7, 11) is 2.93. The van der Waals surface area contributed by atoms with Gasteiger partial charge in [-0.25, -0.2) is 19.6 Å². The molecule has 0 unspecified atom stereocenters. The topological polar surface area (TPSA) is 189 Å². The van der Waals surface area contributed by atoms with Gasteiger partial charge >= 0.3 is 12.2 Å². The molecule has 6 aromatic rings. The van der Waals surface area contributed by atoms with Gasteiger partial charge in [-0.1, -0.05) is 109 Å². The Bertz CT molecular complexity index is 2360. The fourth-order valence-electron chi connectivity index (χ4n) is 7.19. The number of likely N-dealkylation sites (tertiary alicyclic amines) is 1. The van der Waals surface area contributed by atoms with Crippen LogP contribution in [-0.2, 0) is 19.1 Å². The Balaban J connectivity index is 1.00. The summed E-state index contributed by atoms with van der Waals surface area (Å²) in [6.45, 7) is 2.37. The number of carbonyl (C=O) groups is 4. The second-order valence-electron chi connectivity index (χ2n) is 14.0. The number of rotatable bonds is 12. The van der Waals surface area contributed by atoms with E-state index in [1.165, 1.54) is 7.11 Å². The van der Waals surface area contributed by atoms with Gasteiger partial charge in [-0.2, -0.15) is 0 Å². The van der Waals surface area contributed by atoms with Crippen molar-refractivity contribution >= 4 is 24.0 Å². The molecule has 14 nitrogen and oxygen atoms in total. The van der Waals surface area contributed by atoms with Gasteiger partial charge in [-0.05, 0) is 47.6 Å². The van der Waals surface area contributed by atoms with Crippen molar-refractivity contribution in [1.29, 1.82) is 0 Å². The van der Waals surface area contributed by atoms with Crippen LogP contribution in [0.3, 0.4) is 0 Å². The number of nitrogens with zero attached hydrogens (tertiary/aromatic N) is 4. The maximum absolute atomic E-state index is 13.7. The zero-order chi connectivity index (χ0) is 40.8. The summed E-state index contributed by atoms with van der Waals surface area (Å²) >= 11 is 0. The summed E-state index contributed by atoms with van der Waals surface area (Å²) in [5.41, 5.74) is 12.1. The Morgan fingerprint density at radius 2 is 1.34 bits per heavy atom. The summed E-state index contributed by atoms with van der Waals surface area (Å²) in [6, 6.07) is 32.4. The number of hydrogen-bond acceptors (Lipinski definition) is 8. The van der Waals surface area contributed by atoms with Gasteiger partial charge in [0.25, 0.3) is 5.91 Å². The van der Waals surface area contributed by atoms with E-state index < -0.39 is 30.4 Å². The average Bonchev–Trinajstić information content (AvgIpc) is 4.07. The van der Waals surface area contributed by atoms with Crippen LogP contribution in [0.1, 0.15) is 66.8 Å². The minimum atomic E-state index is -1.14. The Labute approximate surface area is 335 Å². The highest BCUT2D eigenvalue weighted by atomic mass is 16.6. The molecule has 0 saturated carbocycles. The third-order valence-corrected chi connectivity index (χ3v) is 10.5. The second-order valence-corrected chi connectivity index (χ2v) is 14.0. The SMILES string of the molecule is COC(=O)N[C@@H](C(=O)N(C)[C@@H](C)c1ncc(-c2ccc(-c3ccc(-c4cnc([C@@H]5CCCN5C(=O)[C@H](OC(N)=O)c5ccccc5)[nH]4)cc3)cc2)[nH]1)c1ccccc1. The van der Waals surface area contributed by atoms with Crippen LogP contribution in [0, 0.1) is 0 Å². The number of nitrogens with one attached hydrogen (secondary N) is 3. The van der Waals surface area contributed by atoms with E-state index in [9.17, 15) is 19.2 Å². The molecule has 58 heavy (non-hydrogen) atoms. The van der Waals surface area contributed by atoms with Crippen LogP contribution in [0.25, 0.3) is 33.6 Å². The van der Waals surface area contributed by atoms with Crippen LogP contribution in [0.2, 0.25) is 0 Å². The normalized spacial score (nSPS) is 15.2. The predicted octanol–water partition coefficient (Wildman–Crippen LogP) is 7.25. The minimum absolute atomic E-state index is 0.304. The first-order chi connectivity index (χ1) is 28.1. The highest BCUT2D eigenvalue weighted by Gasteiger charge is 2.38. The van der Waals surface area contributed by atoms with Crippen molar-refractivity contribution in [2.24, 2.45) is 5.73 Å². The van der Waals surface area contributed by atoms with E-state index >= 15 is 0 Å². The summed E-state index contributed by atoms with van der Waals surface area (Å²) in [6.07, 6.45) is 2.15. The van der Waals surface area contributed by atoms with Crippen molar-refractivity contribution in [2.45, 2.75) is 44.0 Å². The van der Waals surface area contributed by atoms with Crippen molar-refractivity contribution in [1.82, 2.24) is 35.1 Å². The molecule has 14 heteroatoms. The summed E-state index contributed by atoms with van der Waals surface area (Å²) in [5, 5.41) is 2.65. The van der Waals surface area contributed by atoms with Crippen molar-refractivity contribution in [3.05, 3.63) is 144 Å². The average molecular weight is 781 g/mol. The van der Waals surface area contributed by atoms with Crippen molar-refractivity contribution in [3.8, 4) is 33.6 Å². The first-order valence-corrected chi connectivity index (χ1v) is 18.9. The van der Waals surface area contributed by atoms with Crippen LogP contribution < -0.4 is 11.1 Å². The van der Waals surface area contributed by atoms with E-state index in [0.29, 0.717) is 35.7 Å². The van der Waals surface area contributed by atoms with Crippen molar-refractivity contribution < 1.29 is 28.7 Å². The molecule has 296 valence electrons. The Kier molecular flexibility index (Phi) is 11.6. The second kappa shape index (κ2) is 17.3. The van der Waals surface area contributed by atoms with Gasteiger partial charge in [0, 0.05) is 19.2 Å². The number of benzene rings is 4. The third-order valence-electron chi connectivity index (χ3n) is 10.5. The van der Waals surface area contributed by atoms with Crippen LogP contribution in [0.4, 0.5) is 9.59 Å². The van der Waals surface area contributed by atoms with Gasteiger partial charge in [0.15, 0.2) is 0 Å². The van der Waals surface area contributed by atoms with Crippen molar-refractivity contribution in [2.75, 3.05) is 20.7 Å². The summed E-state index contributed by atoms with van der Waals surface area (Å²) in [4.78, 5) is 70.4. The fourth-order valence-corrected chi connectivity index (χ4v) is 7.19. The van der Waals surface area contributed by atoms with E-state index in [-0.39, 0.29) is 17.9 Å². The lowest BCUT2D eigenvalue weighted by atomic mass is 10.0. The van der Waals surface area contributed by atoms with Gasteiger partial charge in [-0.3, -0.25) is 9.59 Å². The predicted molar refractivity (Wildman–Crippen MR) is 216 cm³/mol. The number of aromatic nitrogens is 4. The van der Waals surface area contributed by atoms with Crippen LogP contribution in [0.5, 0.6) is 0 Å². The number of alkyl carbamates (subject to hydrolysis) is 1. The van der Waals surface area contributed by atoms with E-state index in [1.807, 2.05) is 67.6 Å². The molecule has 3 heterocycles. The van der Waals surface area contributed by atoms with Crippen LogP contribution in [0.15, 0.2) is 122 Å². The summed E-state index contributed by atoms with van der Waals surface area (Å²) < 4.78 is 10.1. The number of H-pyrrole nitrogens is 2. The number of likely N-dealkylation sites (N-methyl/N-ethyl adjacent to an activating group) is 1. The van der Waals surface area contributed by atoms with Gasteiger partial charge in [-0.15, -0.1) is 0 Å². The third kappa shape index (κ3) is 8.45. The number of hydrogen-bond donors (Lipinski definition) is 4. The molecule has 5 N–H and O–H groups in total. The first kappa shape index (κ1) is 39.0. The lowest BCUT2D eigenvalue weighted by molar-refractivity contribution is -0.141. The molecule has 1 saturated heterocycles. The molecule has 0 bridgehead atoms. The van der Waals surface area contributed by atoms with Crippen molar-refractivity contribution in [3.63, 3.8) is 0 Å². The number of ether oxygens (including phenoxy) is 2. The standard InChI is InChI=1S/C44H44N8O6/c1-27(51(2)41(53)37(50-44(56)57-3)32-11-6-4-7-12-32)39-46-25-34(48-39)30-20-16-28(17-21-30)29-18-22-31(23-19-29)35-26-47-40(49-35)36-15-10-24-52(36)42(54)38(58-43(45)55)33-13-8-5-9-14-33/h4-9,11-14,16-23,25-27,36-38H,10,15,24H2,1-3H3,(H2,45,55)(H,46,48)(H,47,49)(H,50,56)/t27-,36-,37+,38+/m0/s1. The molecule has 0 radical (unpaired) electrons. The largest absolute Gasteiger partial charge is 0.453 e. The van der Waals surface area contributed by atoms with E-state index in [1.54, 1.807) is 77.8 Å². The molecular formula is C44H44N8O6. The fraction of sp³-hybridized carbons (Fsp3) is 0.227. The lowest BCUT2D eigenvalue weighted by Crippen LogP contribution is -2.42. The number of carbonyl (C=O) groups excluding carboxylic acids is 4. The van der Waals surface area contributed by atoms with Crippen LogP contribution in [-0.4, -0.2) is 74.4 Å². The summed E-state index contributed by atoms with van der Waals surface area (Å²) in [5.74, 6) is 0.598. The van der Waals surface area contributed by atoms with Crippen LogP contribution >= 0.6 is 0 Å². The minimum Gasteiger partial charge on any atom is -0.453 e. The molecule has 0 aliphatic carbocycles. The smallest absolute Gasteiger partial charge is 0.407 e. The Morgan fingerprint density at radius 1 is 0.793 bits per heavy atom. The molecule has 2 aromatic heterocycles. The zero-order valence-electron chi connectivity index (χ0n) is 32.3. The number of nitrogens with two attached hydrogens (primary N) is 1. The van der Waals surface area contributed by atoms with Gasteiger partial charge in [0.05, 0.1) is 43.0 Å². The van der Waals surface area contributed by atoms with Gasteiger partial charge in [0.1, 0.15) is 17.7 Å². The molecule has 4 atom stereocenters. The first-order valence-electron chi connectivity index (χ1n) is 18.9. The zero-order valence-corrected chi connectivity index (χ0v) is 32.3. The molecule has 4 aromatic carbocycles. The maximum atomic E-state index is 13.7. The molecule has 4 amide bonds. The highest BCUT2D eigenvalue weighted by molar-refractivity contribution is 5.87. The lowest BCUT2D eigenvalue weighted by Gasteiger charge is -2.28. The molecule has 1 aliphatic rings. The number of aromatic amines is 2. The van der Waals surface area contributed by atoms with E-state index in [2.05, 4.69) is 25.3 Å². The molecule has 7 rings (SSSR count). The van der Waals surface area contributed by atoms with E-state index in [4.69, 9.17) is 15.2 Å². The maximum Gasteiger partial charge on any atom is 0.407 e. The van der Waals surface area contributed by atoms with Gasteiger partial charge in [0.2, 0.25) is 12.0 Å².